The van der Waals surface area contributed by atoms with Gasteiger partial charge < -0.3 is 9.64 Å². The van der Waals surface area contributed by atoms with Crippen LogP contribution < -0.4 is 9.64 Å². The highest BCUT2D eigenvalue weighted by atomic mass is 16.5. The molecule has 0 saturated heterocycles. The molecule has 0 fully saturated rings. The molecule has 2 aromatic rings. The van der Waals surface area contributed by atoms with Crippen LogP contribution in [0.15, 0.2) is 48.5 Å². The molecule has 0 aliphatic heterocycles. The molecule has 2 nitrogen and oxygen atoms in total. The topological polar surface area (TPSA) is 12.5 Å². The molecule has 0 bridgehead atoms. The number of hydrogen-bond acceptors (Lipinski definition) is 2. The predicted molar refractivity (Wildman–Crippen MR) is 99.8 cm³/mol. The van der Waals surface area contributed by atoms with E-state index in [1.807, 2.05) is 0 Å². The molecule has 0 saturated carbocycles. The Labute approximate surface area is 141 Å². The Morgan fingerprint density at radius 1 is 0.783 bits per heavy atom. The standard InChI is InChI=1S/C21H29NO/c1-6-20(16-8-12-18(13-9-16)22(3)4)21(7-2)17-10-14-19(23-5)15-11-17/h8-15,20-21H,6-7H2,1-5H3/t20-,21+/m0/s1. The van der Waals surface area contributed by atoms with Gasteiger partial charge in [0.1, 0.15) is 5.75 Å². The van der Waals surface area contributed by atoms with Gasteiger partial charge in [-0.1, -0.05) is 38.1 Å². The minimum atomic E-state index is 0.538. The summed E-state index contributed by atoms with van der Waals surface area (Å²) in [5.74, 6) is 2.01. The second kappa shape index (κ2) is 8.05. The van der Waals surface area contributed by atoms with Crippen LogP contribution in [0.1, 0.15) is 49.7 Å². The fourth-order valence-corrected chi connectivity index (χ4v) is 3.38. The van der Waals surface area contributed by atoms with Gasteiger partial charge in [-0.3, -0.25) is 0 Å². The van der Waals surface area contributed by atoms with Gasteiger partial charge in [-0.2, -0.15) is 0 Å². The van der Waals surface area contributed by atoms with Crippen LogP contribution in [0.5, 0.6) is 5.75 Å². The first-order chi connectivity index (χ1) is 11.1. The second-order valence-electron chi connectivity index (χ2n) is 6.29. The molecular weight excluding hydrogens is 282 g/mol. The van der Waals surface area contributed by atoms with Gasteiger partial charge in [0.15, 0.2) is 0 Å². The van der Waals surface area contributed by atoms with E-state index in [1.165, 1.54) is 16.8 Å². The maximum Gasteiger partial charge on any atom is 0.118 e. The lowest BCUT2D eigenvalue weighted by atomic mass is 9.78. The molecule has 0 aliphatic carbocycles. The normalized spacial score (nSPS) is 13.4. The van der Waals surface area contributed by atoms with Crippen molar-refractivity contribution in [1.82, 2.24) is 0 Å². The summed E-state index contributed by atoms with van der Waals surface area (Å²) in [5, 5.41) is 0. The van der Waals surface area contributed by atoms with Crippen molar-refractivity contribution < 1.29 is 4.74 Å². The van der Waals surface area contributed by atoms with Gasteiger partial charge in [0, 0.05) is 19.8 Å². The molecule has 0 radical (unpaired) electrons. The third-order valence-electron chi connectivity index (χ3n) is 4.75. The molecule has 2 atom stereocenters. The highest BCUT2D eigenvalue weighted by Crippen LogP contribution is 2.38. The summed E-state index contributed by atoms with van der Waals surface area (Å²) in [6.07, 6.45) is 2.28. The number of methoxy groups -OCH3 is 1. The van der Waals surface area contributed by atoms with Crippen LogP contribution in [0, 0.1) is 0 Å². The van der Waals surface area contributed by atoms with Crippen molar-refractivity contribution in [1.29, 1.82) is 0 Å². The first-order valence-corrected chi connectivity index (χ1v) is 8.51. The van der Waals surface area contributed by atoms with E-state index in [4.69, 9.17) is 4.74 Å². The first kappa shape index (κ1) is 17.4. The summed E-state index contributed by atoms with van der Waals surface area (Å²) in [6.45, 7) is 4.57. The number of hydrogen-bond donors (Lipinski definition) is 0. The van der Waals surface area contributed by atoms with Gasteiger partial charge in [0.05, 0.1) is 7.11 Å². The fraction of sp³-hybridized carbons (Fsp3) is 0.429. The maximum atomic E-state index is 5.28. The third kappa shape index (κ3) is 4.07. The van der Waals surface area contributed by atoms with Crippen LogP contribution in [0.25, 0.3) is 0 Å². The number of nitrogens with zero attached hydrogens (tertiary/aromatic N) is 1. The number of anilines is 1. The Hall–Kier alpha value is -1.96. The molecule has 23 heavy (non-hydrogen) atoms. The summed E-state index contributed by atoms with van der Waals surface area (Å²) in [5.41, 5.74) is 4.08. The molecule has 0 heterocycles. The van der Waals surface area contributed by atoms with E-state index < -0.39 is 0 Å². The zero-order valence-electron chi connectivity index (χ0n) is 15.0. The molecule has 0 N–H and O–H groups in total. The minimum Gasteiger partial charge on any atom is -0.497 e. The van der Waals surface area contributed by atoms with Crippen molar-refractivity contribution in [3.05, 3.63) is 59.7 Å². The molecule has 2 rings (SSSR count). The van der Waals surface area contributed by atoms with E-state index in [9.17, 15) is 0 Å². The highest BCUT2D eigenvalue weighted by molar-refractivity contribution is 5.47. The molecule has 0 aromatic heterocycles. The molecule has 124 valence electrons. The summed E-state index contributed by atoms with van der Waals surface area (Å²) in [4.78, 5) is 2.14. The smallest absolute Gasteiger partial charge is 0.118 e. The van der Waals surface area contributed by atoms with Gasteiger partial charge in [-0.15, -0.1) is 0 Å². The van der Waals surface area contributed by atoms with E-state index in [0.717, 1.165) is 18.6 Å². The highest BCUT2D eigenvalue weighted by Gasteiger charge is 2.22. The van der Waals surface area contributed by atoms with E-state index in [-0.39, 0.29) is 0 Å². The SMILES string of the molecule is CC[C@H](c1ccc(OC)cc1)[C@@H](CC)c1ccc(N(C)C)cc1. The van der Waals surface area contributed by atoms with Crippen molar-refractivity contribution in [3.8, 4) is 5.75 Å². The minimum absolute atomic E-state index is 0.538. The average Bonchev–Trinajstić information content (AvgIpc) is 2.60. The van der Waals surface area contributed by atoms with Crippen molar-refractivity contribution in [2.75, 3.05) is 26.1 Å². The summed E-state index contributed by atoms with van der Waals surface area (Å²) in [6, 6.07) is 17.6. The van der Waals surface area contributed by atoms with Crippen molar-refractivity contribution in [2.24, 2.45) is 0 Å². The van der Waals surface area contributed by atoms with Gasteiger partial charge in [-0.05, 0) is 60.1 Å². The molecule has 0 aliphatic rings. The molecule has 2 heteroatoms. The van der Waals surface area contributed by atoms with Gasteiger partial charge >= 0.3 is 0 Å². The van der Waals surface area contributed by atoms with Gasteiger partial charge in [0.25, 0.3) is 0 Å². The van der Waals surface area contributed by atoms with Gasteiger partial charge in [-0.25, -0.2) is 0 Å². The molecular formula is C21H29NO. The lowest BCUT2D eigenvalue weighted by molar-refractivity contribution is 0.414. The Kier molecular flexibility index (Phi) is 6.09. The van der Waals surface area contributed by atoms with Crippen molar-refractivity contribution >= 4 is 5.69 Å². The van der Waals surface area contributed by atoms with Crippen molar-refractivity contribution in [3.63, 3.8) is 0 Å². The van der Waals surface area contributed by atoms with Crippen LogP contribution >= 0.6 is 0 Å². The van der Waals surface area contributed by atoms with Crippen molar-refractivity contribution in [2.45, 2.75) is 38.5 Å². The van der Waals surface area contributed by atoms with Crippen LogP contribution in [-0.4, -0.2) is 21.2 Å². The van der Waals surface area contributed by atoms with E-state index in [0.29, 0.717) is 11.8 Å². The Balaban J connectivity index is 2.28. The number of rotatable bonds is 7. The Bertz CT molecular complexity index is 586. The van der Waals surface area contributed by atoms with Gasteiger partial charge in [0.2, 0.25) is 0 Å². The zero-order valence-corrected chi connectivity index (χ0v) is 15.0. The predicted octanol–water partition coefficient (Wildman–Crippen LogP) is 5.45. The molecule has 0 unspecified atom stereocenters. The quantitative estimate of drug-likeness (QED) is 0.674. The lowest BCUT2D eigenvalue weighted by Crippen LogP contribution is -2.12. The summed E-state index contributed by atoms with van der Waals surface area (Å²) >= 11 is 0. The van der Waals surface area contributed by atoms with Crippen LogP contribution in [-0.2, 0) is 0 Å². The average molecular weight is 311 g/mol. The fourth-order valence-electron chi connectivity index (χ4n) is 3.38. The Morgan fingerprint density at radius 3 is 1.57 bits per heavy atom. The summed E-state index contributed by atoms with van der Waals surface area (Å²) < 4.78 is 5.28. The number of benzene rings is 2. The Morgan fingerprint density at radius 2 is 1.22 bits per heavy atom. The third-order valence-corrected chi connectivity index (χ3v) is 4.75. The first-order valence-electron chi connectivity index (χ1n) is 8.51. The molecule has 0 spiro atoms. The lowest BCUT2D eigenvalue weighted by Gasteiger charge is -2.27. The van der Waals surface area contributed by atoms with Crippen LogP contribution in [0.4, 0.5) is 5.69 Å². The van der Waals surface area contributed by atoms with Crippen LogP contribution in [0.3, 0.4) is 0 Å². The molecule has 2 aromatic carbocycles. The monoisotopic (exact) mass is 311 g/mol. The van der Waals surface area contributed by atoms with Crippen LogP contribution in [0.2, 0.25) is 0 Å². The summed E-state index contributed by atoms with van der Waals surface area (Å²) in [7, 11) is 5.88. The maximum absolute atomic E-state index is 5.28. The number of ether oxygens (including phenoxy) is 1. The van der Waals surface area contributed by atoms with E-state index in [2.05, 4.69) is 81.4 Å². The van der Waals surface area contributed by atoms with E-state index in [1.54, 1.807) is 7.11 Å². The second-order valence-corrected chi connectivity index (χ2v) is 6.29. The molecule has 0 amide bonds. The van der Waals surface area contributed by atoms with E-state index >= 15 is 0 Å². The largest absolute Gasteiger partial charge is 0.497 e. The zero-order chi connectivity index (χ0) is 16.8.